The summed E-state index contributed by atoms with van der Waals surface area (Å²) >= 11 is 0. The Morgan fingerprint density at radius 2 is 0.382 bits per heavy atom. The Balaban J connectivity index is 7.71. The number of nitrogens with one attached hydrogen (secondary N) is 13. The van der Waals surface area contributed by atoms with E-state index in [0.29, 0.717) is 91.1 Å². The fourth-order valence-corrected chi connectivity index (χ4v) is 15.3. The van der Waals surface area contributed by atoms with Gasteiger partial charge in [-0.25, -0.2) is 0 Å². The van der Waals surface area contributed by atoms with Gasteiger partial charge in [0.2, 0.25) is 0 Å². The quantitative estimate of drug-likeness (QED) is 0.0278. The van der Waals surface area contributed by atoms with Crippen molar-refractivity contribution in [3.05, 3.63) is 0 Å². The van der Waals surface area contributed by atoms with Crippen LogP contribution in [0.25, 0.3) is 0 Å². The molecular weight excluding hydrogens is 1660 g/mol. The maximum absolute atomic E-state index is 11.1. The Morgan fingerprint density at radius 1 is 0.176 bits per heavy atom. The van der Waals surface area contributed by atoms with Gasteiger partial charge < -0.3 is 146 Å². The third kappa shape index (κ3) is 85.1. The van der Waals surface area contributed by atoms with Gasteiger partial charge in [0, 0.05) is 353 Å². The van der Waals surface area contributed by atoms with Crippen LogP contribution in [-0.4, -0.2) is 541 Å². The summed E-state index contributed by atoms with van der Waals surface area (Å²) in [5.74, 6) is 0. The molecule has 27 N–H and O–H groups in total. The molecule has 35 heteroatoms. The predicted octanol–water partition coefficient (Wildman–Crippen LogP) is -2.58. The van der Waals surface area contributed by atoms with Gasteiger partial charge in [0.15, 0.2) is 0 Å². The van der Waals surface area contributed by atoms with Crippen LogP contribution in [0.5, 0.6) is 0 Å². The summed E-state index contributed by atoms with van der Waals surface area (Å²) in [6.45, 7) is 67.0. The second-order valence-corrected chi connectivity index (χ2v) is 36.8. The molecule has 10 atom stereocenters. The zero-order valence-corrected chi connectivity index (χ0v) is 86.1. The van der Waals surface area contributed by atoms with E-state index in [-0.39, 0.29) is 48.8 Å². The molecule has 0 aliphatic heterocycles. The molecule has 0 fully saturated rings. The average Bonchev–Trinajstić information content (AvgIpc) is 0.925. The van der Waals surface area contributed by atoms with E-state index in [4.69, 9.17) is 11.5 Å². The van der Waals surface area contributed by atoms with Crippen molar-refractivity contribution >= 4 is 0 Å². The van der Waals surface area contributed by atoms with Gasteiger partial charge in [0.25, 0.3) is 0 Å². The number of nitrogens with two attached hydrogens (primary N) is 2. The molecule has 0 heterocycles. The first-order valence-corrected chi connectivity index (χ1v) is 53.3. The highest BCUT2D eigenvalue weighted by atomic mass is 16.3. The van der Waals surface area contributed by atoms with Crippen LogP contribution < -0.4 is 80.6 Å². The lowest BCUT2D eigenvalue weighted by atomic mass is 10.1. The van der Waals surface area contributed by atoms with Gasteiger partial charge in [-0.1, -0.05) is 68.7 Å². The van der Waals surface area contributed by atoms with Crippen LogP contribution in [0.15, 0.2) is 0 Å². The van der Waals surface area contributed by atoms with Crippen molar-refractivity contribution in [3.63, 3.8) is 0 Å². The largest absolute Gasteiger partial charge is 0.393 e. The van der Waals surface area contributed by atoms with Gasteiger partial charge in [-0.05, 0) is 142 Å². The summed E-state index contributed by atoms with van der Waals surface area (Å²) in [6, 6.07) is 0. The molecule has 0 aliphatic carbocycles. The SMILES string of the molecule is CCC(O)CCCCN(CCNCCNCCN(CCNCCN(CCN(CCNCCN)CCN(CCCCC(O)CC)CCNCCNCC(O)CC)CCN(CCNCCN(CCN)CC(O)CC)CCN(CCNCC(O)CC)CCNCC(O)CC)CCN(CCCCCNCCNCC(O)CC)CCN(CCNCC(C)O)CC(O)CC)CCNCC(O)CC. The maximum Gasteiger partial charge on any atom is 0.0664 e. The zero-order chi connectivity index (χ0) is 96.5. The summed E-state index contributed by atoms with van der Waals surface area (Å²) in [7, 11) is 0. The van der Waals surface area contributed by atoms with Crippen LogP contribution in [0.2, 0.25) is 0 Å². The van der Waals surface area contributed by atoms with Crippen molar-refractivity contribution in [2.75, 3.05) is 380 Å². The number of nitrogens with zero attached hydrogens (tertiary/aromatic N) is 10. The van der Waals surface area contributed by atoms with Crippen molar-refractivity contribution in [3.8, 4) is 0 Å². The summed E-state index contributed by atoms with van der Waals surface area (Å²) in [5, 5.41) is 151. The maximum atomic E-state index is 11.1. The molecule has 0 aromatic heterocycles. The summed E-state index contributed by atoms with van der Waals surface area (Å²) in [4.78, 5) is 25.6. The van der Waals surface area contributed by atoms with E-state index < -0.39 is 12.2 Å². The van der Waals surface area contributed by atoms with E-state index >= 15 is 0 Å². The number of unbranched alkanes of at least 4 members (excludes halogenated alkanes) is 4. The molecule has 131 heavy (non-hydrogen) atoms. The molecular formula is C96H219N25O10. The highest BCUT2D eigenvalue weighted by Gasteiger charge is 2.21. The second kappa shape index (κ2) is 96.1. The minimum Gasteiger partial charge on any atom is -0.393 e. The van der Waals surface area contributed by atoms with E-state index in [9.17, 15) is 51.1 Å². The first-order valence-electron chi connectivity index (χ1n) is 53.3. The average molecular weight is 1880 g/mol. The topological polar surface area (TPSA) is 443 Å². The lowest BCUT2D eigenvalue weighted by molar-refractivity contribution is 0.0981. The van der Waals surface area contributed by atoms with Crippen molar-refractivity contribution < 1.29 is 51.1 Å². The Labute approximate surface area is 802 Å². The van der Waals surface area contributed by atoms with E-state index in [1.54, 1.807) is 0 Å². The van der Waals surface area contributed by atoms with E-state index in [1.807, 2.05) is 62.3 Å². The predicted molar refractivity (Wildman–Crippen MR) is 550 cm³/mol. The lowest BCUT2D eigenvalue weighted by Crippen LogP contribution is -2.48. The van der Waals surface area contributed by atoms with Crippen molar-refractivity contribution in [2.45, 2.75) is 246 Å². The minimum absolute atomic E-state index is 0.236. The van der Waals surface area contributed by atoms with Crippen LogP contribution in [-0.2, 0) is 0 Å². The van der Waals surface area contributed by atoms with Crippen molar-refractivity contribution in [1.82, 2.24) is 118 Å². The summed E-state index contributed by atoms with van der Waals surface area (Å²) in [5.41, 5.74) is 12.2. The normalized spacial score (nSPS) is 14.8. The van der Waals surface area contributed by atoms with Gasteiger partial charge in [-0.15, -0.1) is 0 Å². The van der Waals surface area contributed by atoms with Gasteiger partial charge in [0.1, 0.15) is 0 Å². The monoisotopic (exact) mass is 1880 g/mol. The van der Waals surface area contributed by atoms with Crippen molar-refractivity contribution in [2.24, 2.45) is 11.5 Å². The van der Waals surface area contributed by atoms with Crippen molar-refractivity contribution in [1.29, 1.82) is 0 Å². The van der Waals surface area contributed by atoms with Gasteiger partial charge >= 0.3 is 0 Å². The number of aliphatic hydroxyl groups is 10. The Morgan fingerprint density at radius 3 is 0.672 bits per heavy atom. The molecule has 0 radical (unpaired) electrons. The van der Waals surface area contributed by atoms with Gasteiger partial charge in [0.05, 0.1) is 61.0 Å². The molecule has 0 saturated carbocycles. The number of rotatable bonds is 108. The van der Waals surface area contributed by atoms with E-state index in [0.717, 1.165) is 404 Å². The second-order valence-electron chi connectivity index (χ2n) is 36.8. The highest BCUT2D eigenvalue weighted by Crippen LogP contribution is 2.10. The van der Waals surface area contributed by atoms with Gasteiger partial charge in [-0.3, -0.25) is 34.3 Å². The highest BCUT2D eigenvalue weighted by molar-refractivity contribution is 4.79. The third-order valence-electron chi connectivity index (χ3n) is 25.2. The van der Waals surface area contributed by atoms with Crippen LogP contribution in [0, 0.1) is 0 Å². The number of hydrogen-bond acceptors (Lipinski definition) is 35. The van der Waals surface area contributed by atoms with Crippen LogP contribution in [0.1, 0.15) is 185 Å². The zero-order valence-electron chi connectivity index (χ0n) is 86.1. The molecule has 0 saturated heterocycles. The minimum atomic E-state index is -0.433. The van der Waals surface area contributed by atoms with E-state index in [1.165, 1.54) is 0 Å². The molecule has 0 aromatic rings. The summed E-state index contributed by atoms with van der Waals surface area (Å²) < 4.78 is 0. The van der Waals surface area contributed by atoms with Crippen LogP contribution in [0.4, 0.5) is 0 Å². The molecule has 0 spiro atoms. The molecule has 0 bridgehead atoms. The van der Waals surface area contributed by atoms with Crippen LogP contribution >= 0.6 is 0 Å². The smallest absolute Gasteiger partial charge is 0.0664 e. The fraction of sp³-hybridized carbons (Fsp3) is 1.00. The number of hydrogen-bond donors (Lipinski definition) is 25. The molecule has 35 nitrogen and oxygen atoms in total. The Kier molecular flexibility index (Phi) is 95.1. The van der Waals surface area contributed by atoms with Gasteiger partial charge in [-0.2, -0.15) is 0 Å². The molecule has 0 amide bonds. The Bertz CT molecular complexity index is 2250. The Hall–Kier alpha value is -1.40. The molecule has 0 aromatic carbocycles. The van der Waals surface area contributed by atoms with Crippen LogP contribution in [0.3, 0.4) is 0 Å². The number of aliphatic hydroxyl groups excluding tert-OH is 10. The first-order chi connectivity index (χ1) is 63.6. The third-order valence-corrected chi connectivity index (χ3v) is 25.2. The first kappa shape index (κ1) is 130. The summed E-state index contributed by atoms with van der Waals surface area (Å²) in [6.07, 6.45) is 12.1. The fourth-order valence-electron chi connectivity index (χ4n) is 15.3. The molecule has 0 aliphatic rings. The standard InChI is InChI=1S/C96H219N25O10/c1-11-88(123)27-21-25-52-112(62-47-109-82-92(127)15-5)55-40-101-33-34-102-42-57-115(69-68-114(51-24-20-23-31-99-35-37-106-80-90(125)13-3)77-78-121(86-96(131)19-9)66-50-108-79-87(10)122)58-43-104-44-60-119(75-73-117(59-39-100-32-29-97)71-67-113(53-26-22-28-89(124)12-2)56-41-103-36-38-107-81-91(126)14-4)76-74-118(61-45-105-46-65-120(54-30-98)85-95(130)18-8)72-70-116(63-48-110-83-93(128)16-6)64-49-111-84-94(129)17-7/h87-96,99-111,122-131H,11-86,97-98H2,1-10H3. The molecule has 788 valence electrons. The lowest BCUT2D eigenvalue weighted by Gasteiger charge is -2.33. The molecule has 10 unspecified atom stereocenters. The van der Waals surface area contributed by atoms with E-state index in [2.05, 4.69) is 125 Å². The molecule has 0 rings (SSSR count).